The second-order valence-electron chi connectivity index (χ2n) is 5.99. The van der Waals surface area contributed by atoms with Crippen LogP contribution in [0.15, 0.2) is 54.6 Å². The fourth-order valence-corrected chi connectivity index (χ4v) is 3.21. The van der Waals surface area contributed by atoms with Crippen LogP contribution in [0.4, 0.5) is 0 Å². The Morgan fingerprint density at radius 1 is 1.33 bits per heavy atom. The summed E-state index contributed by atoms with van der Waals surface area (Å²) in [6, 6.07) is 6.42. The summed E-state index contributed by atoms with van der Waals surface area (Å²) < 4.78 is 1.91. The minimum atomic E-state index is -0.0799. The Hall–Kier alpha value is -3.13. The van der Waals surface area contributed by atoms with E-state index in [0.717, 1.165) is 46.3 Å². The average Bonchev–Trinajstić information content (AvgIpc) is 3.23. The molecule has 118 valence electrons. The summed E-state index contributed by atoms with van der Waals surface area (Å²) in [5.41, 5.74) is 5.20. The Morgan fingerprint density at radius 3 is 3.12 bits per heavy atom. The van der Waals surface area contributed by atoms with Gasteiger partial charge in [0, 0.05) is 41.7 Å². The van der Waals surface area contributed by atoms with Gasteiger partial charge >= 0.3 is 0 Å². The minimum absolute atomic E-state index is 0.0799. The third kappa shape index (κ3) is 2.33. The van der Waals surface area contributed by atoms with Crippen LogP contribution in [0.3, 0.4) is 0 Å². The van der Waals surface area contributed by atoms with Gasteiger partial charge in [-0.3, -0.25) is 0 Å². The number of pyridine rings is 1. The quantitative estimate of drug-likeness (QED) is 0.722. The second kappa shape index (κ2) is 5.82. The number of nitrogens with one attached hydrogen (secondary N) is 1. The highest BCUT2D eigenvalue weighted by atomic mass is 15.3. The van der Waals surface area contributed by atoms with Crippen molar-refractivity contribution in [2.45, 2.75) is 19.8 Å². The lowest BCUT2D eigenvalue weighted by Gasteiger charge is -2.12. The molecule has 4 rings (SSSR count). The molecule has 0 aliphatic heterocycles. The van der Waals surface area contributed by atoms with Crippen LogP contribution in [0.5, 0.6) is 0 Å². The van der Waals surface area contributed by atoms with E-state index in [9.17, 15) is 5.26 Å². The fraction of sp³-hybridized carbons (Fsp3) is 0.211. The maximum Gasteiger partial charge on any atom is 0.137 e. The molecular formula is C19H17N5. The molecule has 1 aliphatic rings. The van der Waals surface area contributed by atoms with Crippen LogP contribution in [0.25, 0.3) is 27.9 Å². The van der Waals surface area contributed by atoms with Gasteiger partial charge in [-0.05, 0) is 36.6 Å². The van der Waals surface area contributed by atoms with Crippen LogP contribution in [-0.2, 0) is 0 Å². The number of hydrogen-bond donors (Lipinski definition) is 1. The number of nitriles is 1. The molecule has 3 heterocycles. The first-order chi connectivity index (χ1) is 11.8. The molecule has 5 heteroatoms. The van der Waals surface area contributed by atoms with Crippen molar-refractivity contribution in [3.63, 3.8) is 0 Å². The van der Waals surface area contributed by atoms with Crippen LogP contribution in [0, 0.1) is 17.2 Å². The summed E-state index contributed by atoms with van der Waals surface area (Å²) in [7, 11) is 0. The number of rotatable bonds is 2. The summed E-state index contributed by atoms with van der Waals surface area (Å²) >= 11 is 0. The topological polar surface area (TPSA) is 70.3 Å². The zero-order chi connectivity index (χ0) is 16.5. The Labute approximate surface area is 139 Å². The number of nitrogens with zero attached hydrogens (tertiary/aromatic N) is 4. The zero-order valence-corrected chi connectivity index (χ0v) is 13.4. The van der Waals surface area contributed by atoms with Gasteiger partial charge in [-0.1, -0.05) is 12.2 Å². The van der Waals surface area contributed by atoms with E-state index in [1.165, 1.54) is 0 Å². The minimum Gasteiger partial charge on any atom is -0.346 e. The van der Waals surface area contributed by atoms with Gasteiger partial charge in [-0.25, -0.2) is 9.67 Å². The molecule has 1 atom stereocenters. The normalized spacial score (nSPS) is 17.9. The number of aromatic amines is 1. The highest BCUT2D eigenvalue weighted by molar-refractivity contribution is 5.92. The molecule has 3 aromatic heterocycles. The summed E-state index contributed by atoms with van der Waals surface area (Å²) in [6.07, 6.45) is 13.4. The maximum absolute atomic E-state index is 9.37. The van der Waals surface area contributed by atoms with Gasteiger partial charge in [-0.15, -0.1) is 0 Å². The number of aromatic nitrogens is 4. The van der Waals surface area contributed by atoms with E-state index >= 15 is 0 Å². The van der Waals surface area contributed by atoms with Crippen LogP contribution in [-0.4, -0.2) is 19.7 Å². The van der Waals surface area contributed by atoms with Gasteiger partial charge in [0.1, 0.15) is 5.65 Å². The van der Waals surface area contributed by atoms with Gasteiger partial charge in [-0.2, -0.15) is 10.4 Å². The van der Waals surface area contributed by atoms with E-state index in [2.05, 4.69) is 33.3 Å². The maximum atomic E-state index is 9.37. The lowest BCUT2D eigenvalue weighted by Crippen LogP contribution is -2.04. The van der Waals surface area contributed by atoms with Crippen molar-refractivity contribution in [1.29, 1.82) is 5.26 Å². The Balaban J connectivity index is 1.79. The summed E-state index contributed by atoms with van der Waals surface area (Å²) in [5, 5.41) is 15.0. The Bertz CT molecular complexity index is 996. The SMILES string of the molecule is CC1=C(n2cc(-c3ccnc4[nH]ccc34)cn2)CC=CCC1C#N. The highest BCUT2D eigenvalue weighted by Gasteiger charge is 2.17. The third-order valence-corrected chi connectivity index (χ3v) is 4.61. The van der Waals surface area contributed by atoms with Crippen molar-refractivity contribution in [3.05, 3.63) is 54.6 Å². The van der Waals surface area contributed by atoms with Gasteiger partial charge < -0.3 is 4.98 Å². The van der Waals surface area contributed by atoms with Crippen molar-refractivity contribution in [1.82, 2.24) is 19.7 Å². The predicted molar refractivity (Wildman–Crippen MR) is 93.7 cm³/mol. The second-order valence-corrected chi connectivity index (χ2v) is 5.99. The van der Waals surface area contributed by atoms with E-state index in [4.69, 9.17) is 0 Å². The van der Waals surface area contributed by atoms with E-state index in [0.29, 0.717) is 0 Å². The molecule has 0 amide bonds. The summed E-state index contributed by atoms with van der Waals surface area (Å²) in [4.78, 5) is 7.47. The molecule has 0 aromatic carbocycles. The fourth-order valence-electron chi connectivity index (χ4n) is 3.21. The molecule has 0 fully saturated rings. The number of hydrogen-bond acceptors (Lipinski definition) is 3. The molecule has 0 saturated carbocycles. The summed E-state index contributed by atoms with van der Waals surface area (Å²) in [5.74, 6) is -0.0799. The van der Waals surface area contributed by atoms with Crippen molar-refractivity contribution in [2.24, 2.45) is 5.92 Å². The monoisotopic (exact) mass is 315 g/mol. The Morgan fingerprint density at radius 2 is 2.25 bits per heavy atom. The van der Waals surface area contributed by atoms with E-state index < -0.39 is 0 Å². The first-order valence-corrected chi connectivity index (χ1v) is 7.99. The van der Waals surface area contributed by atoms with E-state index in [1.54, 1.807) is 6.20 Å². The third-order valence-electron chi connectivity index (χ3n) is 4.61. The lowest BCUT2D eigenvalue weighted by molar-refractivity contribution is 0.774. The van der Waals surface area contributed by atoms with Crippen LogP contribution in [0.2, 0.25) is 0 Å². The number of H-pyrrole nitrogens is 1. The van der Waals surface area contributed by atoms with Crippen LogP contribution in [0.1, 0.15) is 19.8 Å². The van der Waals surface area contributed by atoms with Crippen molar-refractivity contribution in [2.75, 3.05) is 0 Å². The average molecular weight is 315 g/mol. The number of allylic oxidation sites excluding steroid dienone is 4. The zero-order valence-electron chi connectivity index (χ0n) is 13.4. The lowest BCUT2D eigenvalue weighted by atomic mass is 9.98. The molecular weight excluding hydrogens is 298 g/mol. The molecule has 5 nitrogen and oxygen atoms in total. The van der Waals surface area contributed by atoms with Gasteiger partial charge in [0.25, 0.3) is 0 Å². The van der Waals surface area contributed by atoms with Crippen molar-refractivity contribution >= 4 is 16.7 Å². The van der Waals surface area contributed by atoms with Gasteiger partial charge in [0.05, 0.1) is 18.2 Å². The van der Waals surface area contributed by atoms with Gasteiger partial charge in [0.15, 0.2) is 0 Å². The molecule has 1 aliphatic carbocycles. The van der Waals surface area contributed by atoms with Crippen LogP contribution < -0.4 is 0 Å². The summed E-state index contributed by atoms with van der Waals surface area (Å²) in [6.45, 7) is 2.04. The first-order valence-electron chi connectivity index (χ1n) is 7.99. The molecule has 0 radical (unpaired) electrons. The Kier molecular flexibility index (Phi) is 3.51. The largest absolute Gasteiger partial charge is 0.346 e. The predicted octanol–water partition coefficient (Wildman–Crippen LogP) is 4.15. The molecule has 0 spiro atoms. The standard InChI is InChI=1S/C19H17N5/c1-13-14(10-20)4-2-3-5-18(13)24-12-15(11-23-24)16-6-8-21-19-17(16)7-9-22-19/h2-3,6-9,11-12,14H,4-5H2,1H3,(H,21,22). The van der Waals surface area contributed by atoms with E-state index in [-0.39, 0.29) is 5.92 Å². The van der Waals surface area contributed by atoms with Crippen LogP contribution >= 0.6 is 0 Å². The smallest absolute Gasteiger partial charge is 0.137 e. The number of fused-ring (bicyclic) bond motifs is 1. The molecule has 0 bridgehead atoms. The molecule has 3 aromatic rings. The highest BCUT2D eigenvalue weighted by Crippen LogP contribution is 2.30. The van der Waals surface area contributed by atoms with Crippen molar-refractivity contribution in [3.8, 4) is 17.2 Å². The molecule has 1 unspecified atom stereocenters. The molecule has 24 heavy (non-hydrogen) atoms. The molecule has 0 saturated heterocycles. The first kappa shape index (κ1) is 14.5. The van der Waals surface area contributed by atoms with Crippen molar-refractivity contribution < 1.29 is 0 Å². The molecule has 1 N–H and O–H groups in total. The van der Waals surface area contributed by atoms with Gasteiger partial charge in [0.2, 0.25) is 0 Å². The van der Waals surface area contributed by atoms with E-state index in [1.807, 2.05) is 42.3 Å².